The van der Waals surface area contributed by atoms with Crippen LogP contribution in [-0.4, -0.2) is 94.9 Å². The Morgan fingerprint density at radius 2 is 1.76 bits per heavy atom. The van der Waals surface area contributed by atoms with Crippen molar-refractivity contribution in [2.45, 2.75) is 65.3 Å². The summed E-state index contributed by atoms with van der Waals surface area (Å²) in [6.45, 7) is 12.9. The second kappa shape index (κ2) is 13.2. The van der Waals surface area contributed by atoms with Gasteiger partial charge in [0.2, 0.25) is 0 Å². The standard InChI is InChI=1S/C29H42N4O8/c1-28(2,3)40-25(35)23(34)18-39-21-9-10-22-20(14-21)8-11-24(31-22)32(15-19-16-33(17-19)27(37)38)13-7-12-30-26(36)41-29(4,5)6/h8-11,14,19,23,34H,7,12-13,15-18H2,1-6H3,(H,30,36)(H,37,38). The first-order valence-corrected chi connectivity index (χ1v) is 13.7. The summed E-state index contributed by atoms with van der Waals surface area (Å²) in [5.74, 6) is 0.638. The van der Waals surface area contributed by atoms with Gasteiger partial charge in [-0.15, -0.1) is 0 Å². The summed E-state index contributed by atoms with van der Waals surface area (Å²) in [7, 11) is 0. The molecule has 2 amide bonds. The van der Waals surface area contributed by atoms with E-state index in [1.807, 2.05) is 12.1 Å². The first kappa shape index (κ1) is 31.7. The van der Waals surface area contributed by atoms with Gasteiger partial charge >= 0.3 is 18.2 Å². The van der Waals surface area contributed by atoms with Crippen molar-refractivity contribution < 1.29 is 38.8 Å². The highest BCUT2D eigenvalue weighted by Gasteiger charge is 2.32. The first-order chi connectivity index (χ1) is 19.1. The molecule has 0 spiro atoms. The zero-order valence-corrected chi connectivity index (χ0v) is 24.7. The molecule has 3 rings (SSSR count). The summed E-state index contributed by atoms with van der Waals surface area (Å²) < 4.78 is 16.1. The van der Waals surface area contributed by atoms with Gasteiger partial charge < -0.3 is 39.5 Å². The average Bonchev–Trinajstić information content (AvgIpc) is 2.82. The first-order valence-electron chi connectivity index (χ1n) is 13.7. The van der Waals surface area contributed by atoms with E-state index < -0.39 is 35.5 Å². The molecular weight excluding hydrogens is 532 g/mol. The molecule has 0 saturated carbocycles. The Bertz CT molecular complexity index is 1220. The molecule has 41 heavy (non-hydrogen) atoms. The Kier molecular flexibility index (Phi) is 10.2. The number of pyridine rings is 1. The molecule has 3 N–H and O–H groups in total. The van der Waals surface area contributed by atoms with Gasteiger partial charge in [-0.2, -0.15) is 0 Å². The smallest absolute Gasteiger partial charge is 0.407 e. The predicted molar refractivity (Wildman–Crippen MR) is 153 cm³/mol. The number of benzene rings is 1. The number of hydrogen-bond donors (Lipinski definition) is 3. The molecule has 12 nitrogen and oxygen atoms in total. The van der Waals surface area contributed by atoms with Gasteiger partial charge in [0, 0.05) is 44.0 Å². The fourth-order valence-corrected chi connectivity index (χ4v) is 4.20. The number of anilines is 1. The molecule has 1 saturated heterocycles. The third-order valence-corrected chi connectivity index (χ3v) is 6.04. The van der Waals surface area contributed by atoms with E-state index in [-0.39, 0.29) is 12.5 Å². The number of esters is 1. The maximum atomic E-state index is 12.0. The summed E-state index contributed by atoms with van der Waals surface area (Å²) in [5, 5.41) is 22.9. The Hall–Kier alpha value is -3.80. The number of ether oxygens (including phenoxy) is 3. The van der Waals surface area contributed by atoms with E-state index in [2.05, 4.69) is 10.2 Å². The number of hydrogen-bond acceptors (Lipinski definition) is 9. The van der Waals surface area contributed by atoms with E-state index in [1.165, 1.54) is 4.90 Å². The Balaban J connectivity index is 1.64. The SMILES string of the molecule is CC(C)(C)OC(=O)NCCCN(CC1CN(C(=O)O)C1)c1ccc2cc(OCC(O)C(=O)OC(C)(C)C)ccc2n1. The predicted octanol–water partition coefficient (Wildman–Crippen LogP) is 3.65. The minimum Gasteiger partial charge on any atom is -0.490 e. The van der Waals surface area contributed by atoms with Crippen molar-refractivity contribution in [1.29, 1.82) is 0 Å². The number of fused-ring (bicyclic) bond motifs is 1. The fourth-order valence-electron chi connectivity index (χ4n) is 4.20. The molecule has 1 atom stereocenters. The fraction of sp³-hybridized carbons (Fsp3) is 0.586. The van der Waals surface area contributed by atoms with Crippen LogP contribution in [0.2, 0.25) is 0 Å². The molecule has 0 radical (unpaired) electrons. The normalized spacial score (nSPS) is 14.7. The Morgan fingerprint density at radius 1 is 1.07 bits per heavy atom. The number of rotatable bonds is 11. The lowest BCUT2D eigenvalue weighted by molar-refractivity contribution is -0.166. The van der Waals surface area contributed by atoms with Crippen LogP contribution in [0.1, 0.15) is 48.0 Å². The number of alkyl carbamates (subject to hydrolysis) is 1. The van der Waals surface area contributed by atoms with Crippen LogP contribution in [0.25, 0.3) is 10.9 Å². The number of carboxylic acid groups (broad SMARTS) is 1. The molecule has 1 aromatic heterocycles. The lowest BCUT2D eigenvalue weighted by Crippen LogP contribution is -2.53. The van der Waals surface area contributed by atoms with E-state index in [9.17, 15) is 24.6 Å². The number of carbonyl (C=O) groups is 3. The van der Waals surface area contributed by atoms with E-state index in [4.69, 9.17) is 19.2 Å². The van der Waals surface area contributed by atoms with Gasteiger partial charge in [0.25, 0.3) is 0 Å². The van der Waals surface area contributed by atoms with E-state index in [0.717, 1.165) is 16.7 Å². The zero-order valence-electron chi connectivity index (χ0n) is 24.7. The highest BCUT2D eigenvalue weighted by atomic mass is 16.6. The van der Waals surface area contributed by atoms with Crippen LogP contribution in [0.5, 0.6) is 5.75 Å². The molecule has 2 aromatic rings. The molecule has 1 fully saturated rings. The number of aliphatic hydroxyl groups excluding tert-OH is 1. The van der Waals surface area contributed by atoms with Crippen LogP contribution in [-0.2, 0) is 14.3 Å². The molecule has 1 aliphatic heterocycles. The third kappa shape index (κ3) is 10.3. The van der Waals surface area contributed by atoms with Crippen LogP contribution in [0.3, 0.4) is 0 Å². The minimum atomic E-state index is -1.41. The van der Waals surface area contributed by atoms with Crippen LogP contribution < -0.4 is 15.0 Å². The monoisotopic (exact) mass is 574 g/mol. The van der Waals surface area contributed by atoms with Gasteiger partial charge in [-0.25, -0.2) is 19.4 Å². The largest absolute Gasteiger partial charge is 0.490 e. The number of nitrogens with one attached hydrogen (secondary N) is 1. The zero-order chi connectivity index (χ0) is 30.4. The van der Waals surface area contributed by atoms with E-state index in [1.54, 1.807) is 59.7 Å². The Labute approximate surface area is 240 Å². The maximum Gasteiger partial charge on any atom is 0.407 e. The molecular formula is C29H42N4O8. The summed E-state index contributed by atoms with van der Waals surface area (Å²) >= 11 is 0. The quantitative estimate of drug-likeness (QED) is 0.268. The van der Waals surface area contributed by atoms with Crippen molar-refractivity contribution in [3.05, 3.63) is 30.3 Å². The number of amides is 2. The van der Waals surface area contributed by atoms with Crippen molar-refractivity contribution in [3.8, 4) is 5.75 Å². The lowest BCUT2D eigenvalue weighted by Gasteiger charge is -2.40. The topological polar surface area (TPSA) is 151 Å². The van der Waals surface area contributed by atoms with Crippen molar-refractivity contribution in [1.82, 2.24) is 15.2 Å². The number of likely N-dealkylation sites (tertiary alicyclic amines) is 1. The number of aromatic nitrogens is 1. The molecule has 0 aliphatic carbocycles. The van der Waals surface area contributed by atoms with Gasteiger partial charge in [0.15, 0.2) is 6.10 Å². The minimum absolute atomic E-state index is 0.176. The van der Waals surface area contributed by atoms with Crippen LogP contribution in [0.15, 0.2) is 30.3 Å². The summed E-state index contributed by atoms with van der Waals surface area (Å²) in [4.78, 5) is 43.5. The average molecular weight is 575 g/mol. The highest BCUT2D eigenvalue weighted by molar-refractivity contribution is 5.82. The number of aliphatic hydroxyl groups is 1. The van der Waals surface area contributed by atoms with Crippen molar-refractivity contribution in [2.24, 2.45) is 5.92 Å². The van der Waals surface area contributed by atoms with E-state index in [0.29, 0.717) is 44.9 Å². The molecule has 226 valence electrons. The van der Waals surface area contributed by atoms with Crippen molar-refractivity contribution in [3.63, 3.8) is 0 Å². The molecule has 1 aromatic carbocycles. The van der Waals surface area contributed by atoms with Crippen LogP contribution >= 0.6 is 0 Å². The molecule has 1 unspecified atom stereocenters. The van der Waals surface area contributed by atoms with Gasteiger partial charge in [-0.1, -0.05) is 0 Å². The van der Waals surface area contributed by atoms with Crippen LogP contribution in [0.4, 0.5) is 15.4 Å². The number of carbonyl (C=O) groups excluding carboxylic acids is 2. The van der Waals surface area contributed by atoms with Gasteiger partial charge in [-0.3, -0.25) is 0 Å². The van der Waals surface area contributed by atoms with Gasteiger partial charge in [0.05, 0.1) is 5.52 Å². The van der Waals surface area contributed by atoms with Crippen LogP contribution in [0, 0.1) is 5.92 Å². The molecule has 2 heterocycles. The van der Waals surface area contributed by atoms with Crippen molar-refractivity contribution >= 4 is 34.9 Å². The second-order valence-corrected chi connectivity index (χ2v) is 12.2. The summed E-state index contributed by atoms with van der Waals surface area (Å²) in [6, 6.07) is 9.08. The summed E-state index contributed by atoms with van der Waals surface area (Å²) in [6.07, 6.45) is -2.16. The van der Waals surface area contributed by atoms with E-state index >= 15 is 0 Å². The molecule has 12 heteroatoms. The maximum absolute atomic E-state index is 12.0. The second-order valence-electron chi connectivity index (χ2n) is 12.2. The summed E-state index contributed by atoms with van der Waals surface area (Å²) in [5.41, 5.74) is -0.560. The lowest BCUT2D eigenvalue weighted by atomic mass is 10.00. The van der Waals surface area contributed by atoms with Gasteiger partial charge in [0.1, 0.15) is 29.4 Å². The third-order valence-electron chi connectivity index (χ3n) is 6.04. The highest BCUT2D eigenvalue weighted by Crippen LogP contribution is 2.25. The molecule has 0 bridgehead atoms. The Morgan fingerprint density at radius 3 is 2.39 bits per heavy atom. The van der Waals surface area contributed by atoms with Crippen molar-refractivity contribution in [2.75, 3.05) is 44.2 Å². The molecule has 1 aliphatic rings. The van der Waals surface area contributed by atoms with Gasteiger partial charge in [-0.05, 0) is 78.3 Å². The number of nitrogens with zero attached hydrogens (tertiary/aromatic N) is 3.